The van der Waals surface area contributed by atoms with E-state index in [1.54, 1.807) is 17.8 Å². The Morgan fingerprint density at radius 2 is 1.88 bits per heavy atom. The van der Waals surface area contributed by atoms with Gasteiger partial charge in [0.25, 0.3) is 0 Å². The molecular weight excluding hydrogens is 420 g/mol. The van der Waals surface area contributed by atoms with Crippen LogP contribution in [0.1, 0.15) is 68.8 Å². The standard InChI is InChI=1S/C24H28N6O3/c1-14(2)22-28-24(33-29-22)16-5-7-17(8-6-16)32-21-11-12-25-23-19(13-26-30(21)23)18-9-10-20(31-4)27-15(18)3/h9-14,16-17H,5-8H2,1-4H3. The van der Waals surface area contributed by atoms with Crippen LogP contribution in [0.4, 0.5) is 0 Å². The summed E-state index contributed by atoms with van der Waals surface area (Å²) in [5.41, 5.74) is 3.48. The van der Waals surface area contributed by atoms with Gasteiger partial charge in [-0.1, -0.05) is 19.0 Å². The molecular formula is C24H28N6O3. The van der Waals surface area contributed by atoms with E-state index in [0.717, 1.165) is 59.9 Å². The van der Waals surface area contributed by atoms with Crippen LogP contribution < -0.4 is 9.47 Å². The van der Waals surface area contributed by atoms with Crippen molar-refractivity contribution in [1.82, 2.24) is 29.7 Å². The smallest absolute Gasteiger partial charge is 0.229 e. The van der Waals surface area contributed by atoms with Crippen molar-refractivity contribution in [2.24, 2.45) is 0 Å². The molecule has 1 saturated carbocycles. The first-order valence-corrected chi connectivity index (χ1v) is 11.4. The van der Waals surface area contributed by atoms with Gasteiger partial charge in [-0.15, -0.1) is 0 Å². The number of ether oxygens (including phenoxy) is 2. The highest BCUT2D eigenvalue weighted by Gasteiger charge is 2.28. The van der Waals surface area contributed by atoms with Crippen molar-refractivity contribution in [2.45, 2.75) is 64.4 Å². The van der Waals surface area contributed by atoms with Crippen LogP contribution >= 0.6 is 0 Å². The summed E-state index contributed by atoms with van der Waals surface area (Å²) in [7, 11) is 1.61. The number of aromatic nitrogens is 6. The zero-order valence-corrected chi connectivity index (χ0v) is 19.4. The Hall–Kier alpha value is -3.49. The first-order chi connectivity index (χ1) is 16.0. The molecule has 4 aromatic rings. The lowest BCUT2D eigenvalue weighted by atomic mass is 9.87. The molecule has 33 heavy (non-hydrogen) atoms. The van der Waals surface area contributed by atoms with E-state index in [9.17, 15) is 0 Å². The molecule has 9 nitrogen and oxygen atoms in total. The lowest BCUT2D eigenvalue weighted by Crippen LogP contribution is -2.24. The van der Waals surface area contributed by atoms with Crippen LogP contribution in [0.2, 0.25) is 0 Å². The first-order valence-electron chi connectivity index (χ1n) is 11.4. The molecule has 172 valence electrons. The molecule has 4 aromatic heterocycles. The molecule has 0 spiro atoms. The van der Waals surface area contributed by atoms with Crippen molar-refractivity contribution in [3.05, 3.63) is 48.0 Å². The zero-order valence-electron chi connectivity index (χ0n) is 19.4. The van der Waals surface area contributed by atoms with Gasteiger partial charge in [-0.2, -0.15) is 14.6 Å². The molecule has 1 fully saturated rings. The quantitative estimate of drug-likeness (QED) is 0.418. The van der Waals surface area contributed by atoms with E-state index < -0.39 is 0 Å². The Bertz CT molecular complexity index is 1260. The second-order valence-corrected chi connectivity index (χ2v) is 8.80. The molecule has 0 aliphatic heterocycles. The molecule has 9 heteroatoms. The van der Waals surface area contributed by atoms with Crippen molar-refractivity contribution >= 4 is 5.65 Å². The van der Waals surface area contributed by atoms with Gasteiger partial charge >= 0.3 is 0 Å². The van der Waals surface area contributed by atoms with E-state index in [0.29, 0.717) is 17.7 Å². The minimum absolute atomic E-state index is 0.108. The Labute approximate surface area is 192 Å². The van der Waals surface area contributed by atoms with Gasteiger partial charge in [-0.3, -0.25) is 0 Å². The van der Waals surface area contributed by atoms with Crippen LogP contribution in [-0.4, -0.2) is 42.9 Å². The topological polar surface area (TPSA) is 100 Å². The van der Waals surface area contributed by atoms with E-state index >= 15 is 0 Å². The summed E-state index contributed by atoms with van der Waals surface area (Å²) in [5.74, 6) is 3.37. The van der Waals surface area contributed by atoms with Crippen LogP contribution in [0, 0.1) is 6.92 Å². The highest BCUT2D eigenvalue weighted by molar-refractivity contribution is 5.78. The number of methoxy groups -OCH3 is 1. The van der Waals surface area contributed by atoms with Gasteiger partial charge < -0.3 is 14.0 Å². The third-order valence-corrected chi connectivity index (χ3v) is 6.21. The van der Waals surface area contributed by atoms with Crippen LogP contribution in [0.3, 0.4) is 0 Å². The molecule has 5 rings (SSSR count). The predicted octanol–water partition coefficient (Wildman–Crippen LogP) is 4.72. The van der Waals surface area contributed by atoms with Crippen molar-refractivity contribution in [3.8, 4) is 22.9 Å². The molecule has 0 bridgehead atoms. The molecule has 0 saturated heterocycles. The summed E-state index contributed by atoms with van der Waals surface area (Å²) in [6.45, 7) is 6.09. The number of fused-ring (bicyclic) bond motifs is 1. The molecule has 0 unspecified atom stereocenters. The molecule has 1 aliphatic rings. The van der Waals surface area contributed by atoms with Gasteiger partial charge in [0.1, 0.15) is 6.10 Å². The SMILES string of the molecule is COc1ccc(-c2cnn3c(OC4CCC(c5nc(C(C)C)no5)CC4)ccnc23)c(C)n1. The average Bonchev–Trinajstić information content (AvgIpc) is 3.48. The largest absolute Gasteiger partial charge is 0.481 e. The van der Waals surface area contributed by atoms with Gasteiger partial charge in [0.15, 0.2) is 11.5 Å². The van der Waals surface area contributed by atoms with E-state index in [-0.39, 0.29) is 12.0 Å². The fraction of sp³-hybridized carbons (Fsp3) is 0.458. The molecule has 0 N–H and O–H groups in total. The maximum Gasteiger partial charge on any atom is 0.229 e. The highest BCUT2D eigenvalue weighted by atomic mass is 16.5. The molecule has 0 amide bonds. The van der Waals surface area contributed by atoms with Crippen molar-refractivity contribution in [2.75, 3.05) is 7.11 Å². The fourth-order valence-corrected chi connectivity index (χ4v) is 4.33. The summed E-state index contributed by atoms with van der Waals surface area (Å²) < 4.78 is 18.9. The Morgan fingerprint density at radius 3 is 2.58 bits per heavy atom. The third kappa shape index (κ3) is 4.15. The maximum absolute atomic E-state index is 6.37. The first kappa shape index (κ1) is 21.4. The molecule has 1 aliphatic carbocycles. The second-order valence-electron chi connectivity index (χ2n) is 8.80. The summed E-state index contributed by atoms with van der Waals surface area (Å²) in [5, 5.41) is 8.67. The van der Waals surface area contributed by atoms with Gasteiger partial charge in [0.2, 0.25) is 17.7 Å². The Balaban J connectivity index is 1.31. The number of nitrogens with zero attached hydrogens (tertiary/aromatic N) is 6. The molecule has 4 heterocycles. The monoisotopic (exact) mass is 448 g/mol. The molecule has 0 radical (unpaired) electrons. The Morgan fingerprint density at radius 1 is 1.06 bits per heavy atom. The van der Waals surface area contributed by atoms with Crippen LogP contribution in [0.25, 0.3) is 16.8 Å². The number of aryl methyl sites for hydroxylation is 1. The van der Waals surface area contributed by atoms with Gasteiger partial charge in [-0.05, 0) is 38.7 Å². The number of pyridine rings is 1. The van der Waals surface area contributed by atoms with E-state index in [4.69, 9.17) is 14.0 Å². The minimum atomic E-state index is 0.108. The normalized spacial score (nSPS) is 18.7. The lowest BCUT2D eigenvalue weighted by Gasteiger charge is -2.27. The van der Waals surface area contributed by atoms with Crippen molar-refractivity contribution in [1.29, 1.82) is 0 Å². The number of hydrogen-bond donors (Lipinski definition) is 0. The predicted molar refractivity (Wildman–Crippen MR) is 122 cm³/mol. The fourth-order valence-electron chi connectivity index (χ4n) is 4.33. The maximum atomic E-state index is 6.37. The van der Waals surface area contributed by atoms with Crippen LogP contribution in [0.5, 0.6) is 11.8 Å². The summed E-state index contributed by atoms with van der Waals surface area (Å²) in [6.07, 6.45) is 7.44. The summed E-state index contributed by atoms with van der Waals surface area (Å²) >= 11 is 0. The van der Waals surface area contributed by atoms with Gasteiger partial charge in [0, 0.05) is 47.0 Å². The zero-order chi connectivity index (χ0) is 22.9. The lowest BCUT2D eigenvalue weighted by molar-refractivity contribution is 0.130. The van der Waals surface area contributed by atoms with Crippen LogP contribution in [-0.2, 0) is 0 Å². The molecule has 0 aromatic carbocycles. The van der Waals surface area contributed by atoms with Crippen LogP contribution in [0.15, 0.2) is 35.1 Å². The molecule has 0 atom stereocenters. The summed E-state index contributed by atoms with van der Waals surface area (Å²) in [4.78, 5) is 13.6. The van der Waals surface area contributed by atoms with E-state index in [1.807, 2.05) is 31.3 Å². The Kier molecular flexibility index (Phi) is 5.70. The van der Waals surface area contributed by atoms with Gasteiger partial charge in [0.05, 0.1) is 13.3 Å². The average molecular weight is 449 g/mol. The minimum Gasteiger partial charge on any atom is -0.481 e. The number of rotatable bonds is 6. The van der Waals surface area contributed by atoms with E-state index in [1.165, 1.54) is 0 Å². The van der Waals surface area contributed by atoms with Gasteiger partial charge in [-0.25, -0.2) is 9.97 Å². The highest BCUT2D eigenvalue weighted by Crippen LogP contribution is 2.35. The second kappa shape index (κ2) is 8.80. The van der Waals surface area contributed by atoms with Crippen molar-refractivity contribution in [3.63, 3.8) is 0 Å². The van der Waals surface area contributed by atoms with E-state index in [2.05, 4.69) is 39.1 Å². The number of hydrogen-bond acceptors (Lipinski definition) is 8. The third-order valence-electron chi connectivity index (χ3n) is 6.21. The van der Waals surface area contributed by atoms with Crippen molar-refractivity contribution < 1.29 is 14.0 Å². The summed E-state index contributed by atoms with van der Waals surface area (Å²) in [6, 6.07) is 5.69.